The molecule has 1 rings (SSSR count). The smallest absolute Gasteiger partial charge is 0.306 e. The maximum atomic E-state index is 12.0. The normalized spacial score (nSPS) is 11.2. The second-order valence-electron chi connectivity index (χ2n) is 4.64. The average molecular weight is 331 g/mol. The predicted octanol–water partition coefficient (Wildman–Crippen LogP) is 0.646. The Balaban J connectivity index is 2.94. The molecule has 8 heteroatoms. The van der Waals surface area contributed by atoms with Gasteiger partial charge in [-0.3, -0.25) is 4.79 Å². The SMILES string of the molecule is COCCN(Cc1ccccc1OS(C)(=O)=O)C(=O)COC. The monoisotopic (exact) mass is 331 g/mol. The second-order valence-corrected chi connectivity index (χ2v) is 6.21. The lowest BCUT2D eigenvalue weighted by Crippen LogP contribution is -2.36. The van der Waals surface area contributed by atoms with Gasteiger partial charge in [0.15, 0.2) is 0 Å². The maximum Gasteiger partial charge on any atom is 0.306 e. The number of carbonyl (C=O) groups is 1. The van der Waals surface area contributed by atoms with Crippen molar-refractivity contribution >= 4 is 16.0 Å². The molecule has 0 unspecified atom stereocenters. The van der Waals surface area contributed by atoms with E-state index in [1.54, 1.807) is 31.4 Å². The molecule has 124 valence electrons. The molecule has 0 bridgehead atoms. The first-order valence-electron chi connectivity index (χ1n) is 6.60. The number of nitrogens with zero attached hydrogens (tertiary/aromatic N) is 1. The van der Waals surface area contributed by atoms with Crippen molar-refractivity contribution in [3.8, 4) is 5.75 Å². The first kappa shape index (κ1) is 18.4. The summed E-state index contributed by atoms with van der Waals surface area (Å²) < 4.78 is 37.4. The Morgan fingerprint density at radius 1 is 1.18 bits per heavy atom. The van der Waals surface area contributed by atoms with E-state index >= 15 is 0 Å². The highest BCUT2D eigenvalue weighted by Gasteiger charge is 2.17. The molecule has 1 amide bonds. The van der Waals surface area contributed by atoms with Gasteiger partial charge in [-0.1, -0.05) is 18.2 Å². The van der Waals surface area contributed by atoms with E-state index in [1.165, 1.54) is 12.0 Å². The molecule has 0 radical (unpaired) electrons. The number of benzene rings is 1. The first-order valence-corrected chi connectivity index (χ1v) is 8.42. The zero-order valence-electron chi connectivity index (χ0n) is 12.9. The van der Waals surface area contributed by atoms with E-state index < -0.39 is 10.1 Å². The molecular formula is C14H21NO6S. The van der Waals surface area contributed by atoms with E-state index in [9.17, 15) is 13.2 Å². The molecule has 0 saturated heterocycles. The third-order valence-corrected chi connectivity index (χ3v) is 3.24. The molecule has 0 aliphatic heterocycles. The summed E-state index contributed by atoms with van der Waals surface area (Å²) in [5.41, 5.74) is 0.591. The molecule has 0 aliphatic rings. The topological polar surface area (TPSA) is 82.1 Å². The summed E-state index contributed by atoms with van der Waals surface area (Å²) in [4.78, 5) is 13.6. The fourth-order valence-electron chi connectivity index (χ4n) is 1.79. The molecule has 1 aromatic rings. The molecular weight excluding hydrogens is 310 g/mol. The third-order valence-electron chi connectivity index (χ3n) is 2.76. The van der Waals surface area contributed by atoms with Gasteiger partial charge in [-0.2, -0.15) is 8.42 Å². The highest BCUT2D eigenvalue weighted by Crippen LogP contribution is 2.21. The van der Waals surface area contributed by atoms with E-state index in [0.717, 1.165) is 6.26 Å². The van der Waals surface area contributed by atoms with E-state index in [1.807, 2.05) is 0 Å². The number of amides is 1. The molecule has 22 heavy (non-hydrogen) atoms. The van der Waals surface area contributed by atoms with Gasteiger partial charge in [-0.15, -0.1) is 0 Å². The number of ether oxygens (including phenoxy) is 2. The van der Waals surface area contributed by atoms with E-state index in [4.69, 9.17) is 13.7 Å². The Morgan fingerprint density at radius 2 is 1.86 bits per heavy atom. The minimum atomic E-state index is -3.64. The lowest BCUT2D eigenvalue weighted by Gasteiger charge is -2.23. The predicted molar refractivity (Wildman–Crippen MR) is 81.1 cm³/mol. The highest BCUT2D eigenvalue weighted by atomic mass is 32.2. The van der Waals surface area contributed by atoms with Crippen LogP contribution < -0.4 is 4.18 Å². The van der Waals surface area contributed by atoms with Gasteiger partial charge in [0.25, 0.3) is 0 Å². The number of methoxy groups -OCH3 is 2. The number of carbonyl (C=O) groups excluding carboxylic acids is 1. The van der Waals surface area contributed by atoms with Crippen molar-refractivity contribution in [3.63, 3.8) is 0 Å². The molecule has 0 atom stereocenters. The summed E-state index contributed by atoms with van der Waals surface area (Å²) in [5.74, 6) is -0.00802. The van der Waals surface area contributed by atoms with Crippen LogP contribution in [0.3, 0.4) is 0 Å². The van der Waals surface area contributed by atoms with Crippen molar-refractivity contribution < 1.29 is 26.9 Å². The lowest BCUT2D eigenvalue weighted by atomic mass is 10.2. The van der Waals surface area contributed by atoms with Crippen LogP contribution in [0.1, 0.15) is 5.56 Å². The molecule has 0 saturated carbocycles. The van der Waals surface area contributed by atoms with Crippen molar-refractivity contribution in [1.82, 2.24) is 4.90 Å². The quantitative estimate of drug-likeness (QED) is 0.618. The molecule has 1 aromatic carbocycles. The van der Waals surface area contributed by atoms with Gasteiger partial charge in [0, 0.05) is 32.9 Å². The Morgan fingerprint density at radius 3 is 2.45 bits per heavy atom. The fraction of sp³-hybridized carbons (Fsp3) is 0.500. The number of para-hydroxylation sites is 1. The van der Waals surface area contributed by atoms with Crippen LogP contribution in [-0.2, 0) is 30.9 Å². The largest absolute Gasteiger partial charge is 0.383 e. The molecule has 7 nitrogen and oxygen atoms in total. The zero-order chi connectivity index (χ0) is 16.6. The van der Waals surface area contributed by atoms with E-state index in [-0.39, 0.29) is 24.8 Å². The Labute approximate surface area is 130 Å². The average Bonchev–Trinajstić information content (AvgIpc) is 2.43. The number of hydrogen-bond acceptors (Lipinski definition) is 6. The zero-order valence-corrected chi connectivity index (χ0v) is 13.8. The summed E-state index contributed by atoms with van der Waals surface area (Å²) >= 11 is 0. The number of hydrogen-bond donors (Lipinski definition) is 0. The summed E-state index contributed by atoms with van der Waals surface area (Å²) in [6.45, 7) is 0.881. The van der Waals surface area contributed by atoms with Gasteiger partial charge in [0.2, 0.25) is 5.91 Å². The Bertz CT molecular complexity index is 587. The van der Waals surface area contributed by atoms with Crippen LogP contribution in [-0.4, -0.2) is 59.5 Å². The van der Waals surface area contributed by atoms with Gasteiger partial charge >= 0.3 is 10.1 Å². The van der Waals surface area contributed by atoms with Crippen LogP contribution in [0.4, 0.5) is 0 Å². The van der Waals surface area contributed by atoms with Gasteiger partial charge in [0.1, 0.15) is 12.4 Å². The van der Waals surface area contributed by atoms with Crippen molar-refractivity contribution in [1.29, 1.82) is 0 Å². The molecule has 0 spiro atoms. The minimum absolute atomic E-state index is 0.0567. The van der Waals surface area contributed by atoms with Crippen LogP contribution >= 0.6 is 0 Å². The molecule has 0 fully saturated rings. The van der Waals surface area contributed by atoms with Crippen LogP contribution in [0, 0.1) is 0 Å². The fourth-order valence-corrected chi connectivity index (χ4v) is 2.28. The van der Waals surface area contributed by atoms with E-state index in [0.29, 0.717) is 18.7 Å². The molecule has 0 aromatic heterocycles. The molecule has 0 heterocycles. The number of rotatable bonds is 9. The van der Waals surface area contributed by atoms with Crippen LogP contribution in [0.25, 0.3) is 0 Å². The van der Waals surface area contributed by atoms with Crippen LogP contribution in [0.15, 0.2) is 24.3 Å². The van der Waals surface area contributed by atoms with Crippen molar-refractivity contribution in [2.45, 2.75) is 6.54 Å². The Hall–Kier alpha value is -1.64. The highest BCUT2D eigenvalue weighted by molar-refractivity contribution is 7.86. The summed E-state index contributed by atoms with van der Waals surface area (Å²) in [5, 5.41) is 0. The maximum absolute atomic E-state index is 12.0. The van der Waals surface area contributed by atoms with Crippen molar-refractivity contribution in [2.75, 3.05) is 40.2 Å². The van der Waals surface area contributed by atoms with Gasteiger partial charge < -0.3 is 18.6 Å². The van der Waals surface area contributed by atoms with Crippen LogP contribution in [0.2, 0.25) is 0 Å². The Kier molecular flexibility index (Phi) is 7.30. The summed E-state index contributed by atoms with van der Waals surface area (Å²) in [6.07, 6.45) is 0.975. The van der Waals surface area contributed by atoms with Crippen molar-refractivity contribution in [3.05, 3.63) is 29.8 Å². The third kappa shape index (κ3) is 6.42. The van der Waals surface area contributed by atoms with Gasteiger partial charge in [0.05, 0.1) is 12.9 Å². The molecule has 0 aliphatic carbocycles. The second kappa shape index (κ2) is 8.72. The van der Waals surface area contributed by atoms with Gasteiger partial charge in [-0.05, 0) is 6.07 Å². The van der Waals surface area contributed by atoms with Gasteiger partial charge in [-0.25, -0.2) is 0 Å². The summed E-state index contributed by atoms with van der Waals surface area (Å²) in [7, 11) is -0.657. The molecule has 0 N–H and O–H groups in total. The van der Waals surface area contributed by atoms with Crippen molar-refractivity contribution in [2.24, 2.45) is 0 Å². The minimum Gasteiger partial charge on any atom is -0.383 e. The van der Waals surface area contributed by atoms with Crippen LogP contribution in [0.5, 0.6) is 5.75 Å². The summed E-state index contributed by atoms with van der Waals surface area (Å²) in [6, 6.07) is 6.67. The first-order chi connectivity index (χ1) is 10.4. The van der Waals surface area contributed by atoms with E-state index in [2.05, 4.69) is 0 Å². The lowest BCUT2D eigenvalue weighted by molar-refractivity contribution is -0.136. The standard InChI is InChI=1S/C14H21NO6S/c1-19-9-8-15(14(16)11-20-2)10-12-6-4-5-7-13(12)21-22(3,17)18/h4-7H,8-11H2,1-3H3.